The topological polar surface area (TPSA) is 73.2 Å². The maximum Gasteiger partial charge on any atom is 0.261 e. The molecule has 0 spiro atoms. The summed E-state index contributed by atoms with van der Waals surface area (Å²) >= 11 is 6.07. The van der Waals surface area contributed by atoms with Crippen LogP contribution in [0.2, 0.25) is 5.02 Å². The number of rotatable bonds is 5. The Hall–Kier alpha value is -2.86. The molecule has 0 fully saturated rings. The van der Waals surface area contributed by atoms with E-state index in [0.717, 1.165) is 0 Å². The summed E-state index contributed by atoms with van der Waals surface area (Å²) in [6, 6.07) is 12.1. The first-order valence-corrected chi connectivity index (χ1v) is 8.53. The van der Waals surface area contributed by atoms with Gasteiger partial charge >= 0.3 is 0 Å². The third kappa shape index (κ3) is 3.55. The highest BCUT2D eigenvalue weighted by atomic mass is 35.5. The molecule has 1 N–H and O–H groups in total. The Morgan fingerprint density at radius 1 is 1.27 bits per heavy atom. The molecule has 0 aliphatic rings. The number of carbonyl (C=O) groups excluding carboxylic acids is 1. The molecule has 0 aliphatic carbocycles. The normalized spacial score (nSPS) is 10.7. The Balaban J connectivity index is 1.88. The molecule has 0 atom stereocenters. The lowest BCUT2D eigenvalue weighted by atomic mass is 10.2. The van der Waals surface area contributed by atoms with Gasteiger partial charge in [-0.2, -0.15) is 0 Å². The van der Waals surface area contributed by atoms with E-state index in [1.54, 1.807) is 36.4 Å². The molecule has 0 saturated heterocycles. The molecular formula is C19H18ClN3O3. The molecular weight excluding hydrogens is 354 g/mol. The number of fused-ring (bicyclic) bond motifs is 1. The van der Waals surface area contributed by atoms with Crippen molar-refractivity contribution in [3.05, 3.63) is 63.7 Å². The summed E-state index contributed by atoms with van der Waals surface area (Å²) in [7, 11) is 1.52. The summed E-state index contributed by atoms with van der Waals surface area (Å²) in [5.41, 5.74) is 0.934. The zero-order valence-electron chi connectivity index (χ0n) is 14.5. The quantitative estimate of drug-likeness (QED) is 0.747. The molecule has 0 aliphatic heterocycles. The van der Waals surface area contributed by atoms with Crippen LogP contribution in [0.3, 0.4) is 0 Å². The number of amides is 1. The van der Waals surface area contributed by atoms with Gasteiger partial charge in [-0.15, -0.1) is 0 Å². The number of halogens is 1. The maximum atomic E-state index is 12.7. The van der Waals surface area contributed by atoms with Gasteiger partial charge in [-0.25, -0.2) is 4.98 Å². The van der Waals surface area contributed by atoms with Crippen LogP contribution in [-0.4, -0.2) is 22.6 Å². The molecule has 7 heteroatoms. The van der Waals surface area contributed by atoms with Crippen molar-refractivity contribution < 1.29 is 9.53 Å². The minimum atomic E-state index is -0.333. The number of hydrogen-bond acceptors (Lipinski definition) is 4. The fourth-order valence-corrected chi connectivity index (χ4v) is 2.99. The van der Waals surface area contributed by atoms with Crippen LogP contribution < -0.4 is 15.6 Å². The average molecular weight is 372 g/mol. The van der Waals surface area contributed by atoms with Crippen LogP contribution in [-0.2, 0) is 17.8 Å². The van der Waals surface area contributed by atoms with Crippen LogP contribution in [0.4, 0.5) is 5.69 Å². The van der Waals surface area contributed by atoms with Gasteiger partial charge in [-0.05, 0) is 30.3 Å². The van der Waals surface area contributed by atoms with Crippen molar-refractivity contribution in [2.75, 3.05) is 12.4 Å². The lowest BCUT2D eigenvalue weighted by molar-refractivity contribution is -0.116. The van der Waals surface area contributed by atoms with Crippen LogP contribution in [0.5, 0.6) is 5.75 Å². The van der Waals surface area contributed by atoms with Crippen molar-refractivity contribution in [1.29, 1.82) is 0 Å². The summed E-state index contributed by atoms with van der Waals surface area (Å²) in [6.45, 7) is 1.78. The maximum absolute atomic E-state index is 12.7. The fourth-order valence-electron chi connectivity index (χ4n) is 2.74. The Labute approximate surface area is 155 Å². The van der Waals surface area contributed by atoms with Crippen molar-refractivity contribution >= 4 is 34.1 Å². The van der Waals surface area contributed by atoms with Crippen LogP contribution in [0, 0.1) is 0 Å². The number of aryl methyl sites for hydroxylation is 1. The van der Waals surface area contributed by atoms with Gasteiger partial charge in [0.15, 0.2) is 0 Å². The van der Waals surface area contributed by atoms with E-state index in [-0.39, 0.29) is 18.0 Å². The molecule has 3 rings (SSSR count). The van der Waals surface area contributed by atoms with Gasteiger partial charge < -0.3 is 10.1 Å². The SMILES string of the molecule is CCc1nc2ccccc2c(=O)n1CC(=O)Nc1ccc(OC)c(Cl)c1. The van der Waals surface area contributed by atoms with Crippen LogP contribution in [0.25, 0.3) is 10.9 Å². The van der Waals surface area contributed by atoms with Crippen molar-refractivity contribution in [2.24, 2.45) is 0 Å². The predicted molar refractivity (Wildman–Crippen MR) is 102 cm³/mol. The highest BCUT2D eigenvalue weighted by molar-refractivity contribution is 6.32. The molecule has 0 radical (unpaired) electrons. The van der Waals surface area contributed by atoms with E-state index >= 15 is 0 Å². The van der Waals surface area contributed by atoms with Gasteiger partial charge in [-0.1, -0.05) is 30.7 Å². The summed E-state index contributed by atoms with van der Waals surface area (Å²) in [6.07, 6.45) is 0.543. The summed E-state index contributed by atoms with van der Waals surface area (Å²) in [5.74, 6) is 0.754. The molecule has 0 saturated carbocycles. The number of aromatic nitrogens is 2. The first-order valence-electron chi connectivity index (χ1n) is 8.15. The molecule has 0 bridgehead atoms. The zero-order valence-corrected chi connectivity index (χ0v) is 15.2. The van der Waals surface area contributed by atoms with E-state index in [1.165, 1.54) is 11.7 Å². The third-order valence-corrected chi connectivity index (χ3v) is 4.29. The first kappa shape index (κ1) is 17.9. The van der Waals surface area contributed by atoms with E-state index in [0.29, 0.717) is 39.6 Å². The van der Waals surface area contributed by atoms with Gasteiger partial charge in [0.1, 0.15) is 18.1 Å². The number of carbonyl (C=O) groups is 1. The Morgan fingerprint density at radius 3 is 2.73 bits per heavy atom. The lowest BCUT2D eigenvalue weighted by Gasteiger charge is -2.13. The van der Waals surface area contributed by atoms with Crippen LogP contribution >= 0.6 is 11.6 Å². The molecule has 3 aromatic rings. The number of para-hydroxylation sites is 1. The third-order valence-electron chi connectivity index (χ3n) is 3.99. The number of hydrogen-bond donors (Lipinski definition) is 1. The molecule has 1 heterocycles. The van der Waals surface area contributed by atoms with Gasteiger partial charge in [0.25, 0.3) is 5.56 Å². The minimum Gasteiger partial charge on any atom is -0.495 e. The number of anilines is 1. The predicted octanol–water partition coefficient (Wildman–Crippen LogP) is 3.26. The Bertz CT molecular complexity index is 1030. The number of methoxy groups -OCH3 is 1. The smallest absolute Gasteiger partial charge is 0.261 e. The molecule has 0 unspecified atom stereocenters. The van der Waals surface area contributed by atoms with Gasteiger partial charge in [0.05, 0.1) is 23.0 Å². The summed E-state index contributed by atoms with van der Waals surface area (Å²) in [5, 5.41) is 3.63. The lowest BCUT2D eigenvalue weighted by Crippen LogP contribution is -2.31. The minimum absolute atomic E-state index is 0.122. The summed E-state index contributed by atoms with van der Waals surface area (Å²) < 4.78 is 6.49. The van der Waals surface area contributed by atoms with E-state index in [9.17, 15) is 9.59 Å². The van der Waals surface area contributed by atoms with E-state index in [1.807, 2.05) is 13.0 Å². The fraction of sp³-hybridized carbons (Fsp3) is 0.211. The number of nitrogens with one attached hydrogen (secondary N) is 1. The molecule has 1 amide bonds. The van der Waals surface area contributed by atoms with Gasteiger partial charge in [0.2, 0.25) is 5.91 Å². The highest BCUT2D eigenvalue weighted by Gasteiger charge is 2.13. The second kappa shape index (κ2) is 7.58. The Morgan fingerprint density at radius 2 is 2.04 bits per heavy atom. The molecule has 134 valence electrons. The zero-order chi connectivity index (χ0) is 18.7. The van der Waals surface area contributed by atoms with E-state index in [4.69, 9.17) is 16.3 Å². The van der Waals surface area contributed by atoms with E-state index in [2.05, 4.69) is 10.3 Å². The number of nitrogens with zero attached hydrogens (tertiary/aromatic N) is 2. The van der Waals surface area contributed by atoms with E-state index < -0.39 is 0 Å². The largest absolute Gasteiger partial charge is 0.495 e. The highest BCUT2D eigenvalue weighted by Crippen LogP contribution is 2.27. The second-order valence-corrected chi connectivity index (χ2v) is 6.09. The standard InChI is InChI=1S/C19H18ClN3O3/c1-3-17-22-15-7-5-4-6-13(15)19(25)23(17)11-18(24)21-12-8-9-16(26-2)14(20)10-12/h4-10H,3,11H2,1-2H3,(H,21,24). The summed E-state index contributed by atoms with van der Waals surface area (Å²) in [4.78, 5) is 29.7. The van der Waals surface area contributed by atoms with Crippen molar-refractivity contribution in [3.8, 4) is 5.75 Å². The van der Waals surface area contributed by atoms with Gasteiger partial charge in [-0.3, -0.25) is 14.2 Å². The average Bonchev–Trinajstić information content (AvgIpc) is 2.64. The van der Waals surface area contributed by atoms with Crippen molar-refractivity contribution in [2.45, 2.75) is 19.9 Å². The van der Waals surface area contributed by atoms with Gasteiger partial charge in [0, 0.05) is 12.1 Å². The number of benzene rings is 2. The van der Waals surface area contributed by atoms with Crippen LogP contribution in [0.15, 0.2) is 47.3 Å². The molecule has 1 aromatic heterocycles. The second-order valence-electron chi connectivity index (χ2n) is 5.69. The molecule has 2 aromatic carbocycles. The van der Waals surface area contributed by atoms with Crippen molar-refractivity contribution in [3.63, 3.8) is 0 Å². The monoisotopic (exact) mass is 371 g/mol. The van der Waals surface area contributed by atoms with Crippen molar-refractivity contribution in [1.82, 2.24) is 9.55 Å². The van der Waals surface area contributed by atoms with Crippen LogP contribution in [0.1, 0.15) is 12.7 Å². The Kier molecular flexibility index (Phi) is 5.23. The number of ether oxygens (including phenoxy) is 1. The first-order chi connectivity index (χ1) is 12.5. The molecule has 6 nitrogen and oxygen atoms in total. The molecule has 26 heavy (non-hydrogen) atoms.